The van der Waals surface area contributed by atoms with E-state index in [9.17, 15) is 19.7 Å². The molecule has 9 nitrogen and oxygen atoms in total. The summed E-state index contributed by atoms with van der Waals surface area (Å²) in [4.78, 5) is 34.9. The van der Waals surface area contributed by atoms with Gasteiger partial charge in [-0.15, -0.1) is 0 Å². The van der Waals surface area contributed by atoms with Crippen LogP contribution in [0.1, 0.15) is 23.0 Å². The molecule has 0 aliphatic rings. The Morgan fingerprint density at radius 2 is 1.97 bits per heavy atom. The van der Waals surface area contributed by atoms with Crippen molar-refractivity contribution in [3.8, 4) is 5.75 Å². The van der Waals surface area contributed by atoms with E-state index in [0.29, 0.717) is 10.9 Å². The molecule has 0 aliphatic carbocycles. The highest BCUT2D eigenvalue weighted by Crippen LogP contribution is 2.30. The monoisotopic (exact) mass is 431 g/mol. The zero-order chi connectivity index (χ0) is 22.0. The Morgan fingerprint density at radius 1 is 1.23 bits per heavy atom. The molecule has 2 aromatic carbocycles. The molecule has 0 spiro atoms. The number of nitro benzene ring substituents is 1. The highest BCUT2D eigenvalue weighted by Gasteiger charge is 2.21. The molecule has 1 N–H and O–H groups in total. The summed E-state index contributed by atoms with van der Waals surface area (Å²) in [6.45, 7) is 3.76. The number of nitro groups is 1. The van der Waals surface area contributed by atoms with Gasteiger partial charge in [-0.25, -0.2) is 9.59 Å². The van der Waals surface area contributed by atoms with Crippen molar-refractivity contribution in [2.75, 3.05) is 11.9 Å². The van der Waals surface area contributed by atoms with Gasteiger partial charge >= 0.3 is 12.1 Å². The third-order valence-electron chi connectivity index (χ3n) is 4.54. The SMILES string of the molecule is CCOC(=O)c1c(C)n(C)c2ccc(OC(=O)Nc3ccc(Cl)c([N+](=O)[O-])c3)cc12. The van der Waals surface area contributed by atoms with Gasteiger partial charge in [0.1, 0.15) is 10.8 Å². The quantitative estimate of drug-likeness (QED) is 0.351. The van der Waals surface area contributed by atoms with Crippen molar-refractivity contribution in [2.45, 2.75) is 13.8 Å². The second kappa shape index (κ2) is 8.42. The van der Waals surface area contributed by atoms with Gasteiger partial charge in [-0.2, -0.15) is 0 Å². The molecular formula is C20H18ClN3O6. The minimum absolute atomic E-state index is 0.0460. The molecule has 3 aromatic rings. The van der Waals surface area contributed by atoms with Crippen molar-refractivity contribution in [3.63, 3.8) is 0 Å². The Morgan fingerprint density at radius 3 is 2.63 bits per heavy atom. The molecule has 3 rings (SSSR count). The van der Waals surface area contributed by atoms with E-state index in [0.717, 1.165) is 17.3 Å². The second-order valence-electron chi connectivity index (χ2n) is 6.36. The molecule has 156 valence electrons. The lowest BCUT2D eigenvalue weighted by Gasteiger charge is -2.08. The van der Waals surface area contributed by atoms with Crippen LogP contribution in [0.3, 0.4) is 0 Å². The van der Waals surface area contributed by atoms with Crippen LogP contribution in [-0.4, -0.2) is 28.2 Å². The fourth-order valence-corrected chi connectivity index (χ4v) is 3.24. The molecule has 0 radical (unpaired) electrons. The topological polar surface area (TPSA) is 113 Å². The first-order valence-electron chi connectivity index (χ1n) is 8.91. The summed E-state index contributed by atoms with van der Waals surface area (Å²) in [7, 11) is 1.82. The van der Waals surface area contributed by atoms with Crippen LogP contribution in [-0.2, 0) is 11.8 Å². The van der Waals surface area contributed by atoms with Gasteiger partial charge in [0, 0.05) is 29.7 Å². The van der Waals surface area contributed by atoms with E-state index in [4.69, 9.17) is 21.1 Å². The number of carbonyl (C=O) groups excluding carboxylic acids is 2. The number of hydrogen-bond donors (Lipinski definition) is 1. The molecule has 0 atom stereocenters. The Labute approximate surface area is 176 Å². The maximum atomic E-state index is 12.4. The fourth-order valence-electron chi connectivity index (χ4n) is 3.06. The van der Waals surface area contributed by atoms with Gasteiger partial charge in [-0.1, -0.05) is 11.6 Å². The van der Waals surface area contributed by atoms with E-state index >= 15 is 0 Å². The molecule has 1 heterocycles. The highest BCUT2D eigenvalue weighted by molar-refractivity contribution is 6.32. The largest absolute Gasteiger partial charge is 0.462 e. The maximum absolute atomic E-state index is 12.4. The van der Waals surface area contributed by atoms with Crippen molar-refractivity contribution < 1.29 is 24.0 Å². The number of aromatic nitrogens is 1. The average Bonchev–Trinajstić information content (AvgIpc) is 2.93. The fraction of sp³-hybridized carbons (Fsp3) is 0.200. The molecule has 0 bridgehead atoms. The van der Waals surface area contributed by atoms with Crippen LogP contribution in [0.15, 0.2) is 36.4 Å². The van der Waals surface area contributed by atoms with Gasteiger partial charge in [0.15, 0.2) is 0 Å². The van der Waals surface area contributed by atoms with Gasteiger partial charge in [-0.3, -0.25) is 15.4 Å². The number of benzene rings is 2. The number of esters is 1. The number of halogens is 1. The van der Waals surface area contributed by atoms with E-state index in [1.54, 1.807) is 32.0 Å². The second-order valence-corrected chi connectivity index (χ2v) is 6.76. The van der Waals surface area contributed by atoms with Crippen LogP contribution >= 0.6 is 11.6 Å². The predicted octanol–water partition coefficient (Wildman–Crippen LogP) is 4.84. The predicted molar refractivity (Wildman–Crippen MR) is 111 cm³/mol. The van der Waals surface area contributed by atoms with Gasteiger partial charge in [0.25, 0.3) is 5.69 Å². The Hall–Kier alpha value is -3.59. The van der Waals surface area contributed by atoms with Crippen LogP contribution < -0.4 is 10.1 Å². The summed E-state index contributed by atoms with van der Waals surface area (Å²) in [6.07, 6.45) is -0.851. The molecule has 0 aliphatic heterocycles. The summed E-state index contributed by atoms with van der Waals surface area (Å²) < 4.78 is 12.3. The molecule has 0 saturated heterocycles. The number of amides is 1. The number of rotatable bonds is 5. The smallest absolute Gasteiger partial charge is 0.417 e. The van der Waals surface area contributed by atoms with E-state index < -0.39 is 17.0 Å². The number of carbonyl (C=O) groups is 2. The van der Waals surface area contributed by atoms with E-state index in [1.807, 2.05) is 11.6 Å². The zero-order valence-corrected chi connectivity index (χ0v) is 17.1. The lowest BCUT2D eigenvalue weighted by atomic mass is 10.1. The molecule has 1 aromatic heterocycles. The van der Waals surface area contributed by atoms with E-state index in [-0.39, 0.29) is 28.8 Å². The summed E-state index contributed by atoms with van der Waals surface area (Å²) >= 11 is 5.77. The number of aryl methyl sites for hydroxylation is 1. The maximum Gasteiger partial charge on any atom is 0.417 e. The molecule has 0 fully saturated rings. The van der Waals surface area contributed by atoms with E-state index in [2.05, 4.69) is 5.32 Å². The lowest BCUT2D eigenvalue weighted by Crippen LogP contribution is -2.16. The standard InChI is InChI=1S/C20H18ClN3O6/c1-4-29-19(25)18-11(2)23(3)16-8-6-13(10-14(16)18)30-20(26)22-12-5-7-15(21)17(9-12)24(27)28/h5-10H,4H2,1-3H3,(H,22,26). The van der Waals surface area contributed by atoms with Crippen molar-refractivity contribution >= 4 is 45.9 Å². The van der Waals surface area contributed by atoms with Crippen LogP contribution in [0.2, 0.25) is 5.02 Å². The molecule has 0 unspecified atom stereocenters. The number of anilines is 1. The Bertz CT molecular complexity index is 1170. The first-order chi connectivity index (χ1) is 14.2. The molecule has 30 heavy (non-hydrogen) atoms. The number of fused-ring (bicyclic) bond motifs is 1. The minimum Gasteiger partial charge on any atom is -0.462 e. The van der Waals surface area contributed by atoms with E-state index in [1.165, 1.54) is 12.1 Å². The van der Waals surface area contributed by atoms with Crippen LogP contribution in [0.4, 0.5) is 16.2 Å². The molecular weight excluding hydrogens is 414 g/mol. The average molecular weight is 432 g/mol. The first-order valence-corrected chi connectivity index (χ1v) is 9.29. The van der Waals surface area contributed by atoms with Crippen LogP contribution in [0.5, 0.6) is 5.75 Å². The van der Waals surface area contributed by atoms with Crippen molar-refractivity contribution in [1.29, 1.82) is 0 Å². The third-order valence-corrected chi connectivity index (χ3v) is 4.86. The van der Waals surface area contributed by atoms with Crippen molar-refractivity contribution in [1.82, 2.24) is 4.57 Å². The van der Waals surface area contributed by atoms with Gasteiger partial charge in [0.05, 0.1) is 22.8 Å². The third kappa shape index (κ3) is 4.06. The molecule has 1 amide bonds. The summed E-state index contributed by atoms with van der Waals surface area (Å²) in [5.74, 6) is -0.268. The molecule has 10 heteroatoms. The number of ether oxygens (including phenoxy) is 2. The summed E-state index contributed by atoms with van der Waals surface area (Å²) in [6, 6.07) is 8.73. The summed E-state index contributed by atoms with van der Waals surface area (Å²) in [5, 5.41) is 13.9. The van der Waals surface area contributed by atoms with Gasteiger partial charge < -0.3 is 14.0 Å². The Kier molecular flexibility index (Phi) is 5.93. The van der Waals surface area contributed by atoms with Crippen molar-refractivity contribution in [2.24, 2.45) is 7.05 Å². The number of nitrogens with one attached hydrogen (secondary N) is 1. The van der Waals surface area contributed by atoms with Crippen molar-refractivity contribution in [3.05, 3.63) is 62.8 Å². The number of nitrogens with zero attached hydrogens (tertiary/aromatic N) is 2. The van der Waals surface area contributed by atoms with Crippen LogP contribution in [0, 0.1) is 17.0 Å². The summed E-state index contributed by atoms with van der Waals surface area (Å²) in [5.41, 5.74) is 1.71. The minimum atomic E-state index is -0.851. The highest BCUT2D eigenvalue weighted by atomic mass is 35.5. The Balaban J connectivity index is 1.86. The normalized spacial score (nSPS) is 10.7. The molecule has 0 saturated carbocycles. The first kappa shape index (κ1) is 21.1. The lowest BCUT2D eigenvalue weighted by molar-refractivity contribution is -0.384. The number of hydrogen-bond acceptors (Lipinski definition) is 6. The van der Waals surface area contributed by atoms with Gasteiger partial charge in [0.2, 0.25) is 0 Å². The zero-order valence-electron chi connectivity index (χ0n) is 16.4. The van der Waals surface area contributed by atoms with Crippen LogP contribution in [0.25, 0.3) is 10.9 Å². The van der Waals surface area contributed by atoms with Gasteiger partial charge in [-0.05, 0) is 44.2 Å².